The highest BCUT2D eigenvalue weighted by atomic mass is 16.5. The highest BCUT2D eigenvalue weighted by Gasteiger charge is 2.14. The molecule has 2 heterocycles. The highest BCUT2D eigenvalue weighted by molar-refractivity contribution is 5.38. The molecule has 1 aromatic heterocycles. The summed E-state index contributed by atoms with van der Waals surface area (Å²) < 4.78 is 4.99. The molecule has 76 valence electrons. The van der Waals surface area contributed by atoms with E-state index in [1.165, 1.54) is 25.7 Å². The van der Waals surface area contributed by atoms with Gasteiger partial charge in [-0.25, -0.2) is 0 Å². The van der Waals surface area contributed by atoms with Gasteiger partial charge >= 0.3 is 0 Å². The maximum Gasteiger partial charge on any atom is 0.266 e. The van der Waals surface area contributed by atoms with Crippen LogP contribution in [0.1, 0.15) is 31.6 Å². The van der Waals surface area contributed by atoms with Gasteiger partial charge in [-0.15, -0.1) is 0 Å². The molecule has 0 bridgehead atoms. The second-order valence-electron chi connectivity index (χ2n) is 3.54. The van der Waals surface area contributed by atoms with Gasteiger partial charge in [0.1, 0.15) is 0 Å². The first-order valence-corrected chi connectivity index (χ1v) is 5.11. The van der Waals surface area contributed by atoms with E-state index in [0.29, 0.717) is 11.8 Å². The van der Waals surface area contributed by atoms with Crippen LogP contribution >= 0.6 is 0 Å². The molecule has 1 aliphatic rings. The molecule has 4 nitrogen and oxygen atoms in total. The zero-order chi connectivity index (χ0) is 9.80. The minimum Gasteiger partial charge on any atom is -0.338 e. The number of anilines is 1. The highest BCUT2D eigenvalue weighted by Crippen LogP contribution is 2.16. The van der Waals surface area contributed by atoms with Gasteiger partial charge in [0.25, 0.3) is 11.8 Å². The van der Waals surface area contributed by atoms with Crippen LogP contribution in [-0.2, 0) is 0 Å². The Labute approximate surface area is 83.6 Å². The lowest BCUT2D eigenvalue weighted by atomic mass is 10.2. The molecule has 1 aromatic rings. The third-order valence-corrected chi connectivity index (χ3v) is 2.49. The molecule has 2 rings (SSSR count). The summed E-state index contributed by atoms with van der Waals surface area (Å²) in [6.07, 6.45) is 6.63. The van der Waals surface area contributed by atoms with E-state index < -0.39 is 0 Å². The van der Waals surface area contributed by atoms with Gasteiger partial charge in [-0.2, -0.15) is 4.98 Å². The quantitative estimate of drug-likeness (QED) is 0.721. The normalized spacial score (nSPS) is 17.9. The van der Waals surface area contributed by atoms with Gasteiger partial charge in [0.15, 0.2) is 0 Å². The number of hydrogen-bond donors (Lipinski definition) is 0. The standard InChI is InChI=1S/C10H15N3O/c1-2-9-11-10(12-14-9)13-7-5-3-4-6-8-13/h2H,1,3-8H2. The van der Waals surface area contributed by atoms with Crippen LogP contribution in [0.2, 0.25) is 0 Å². The smallest absolute Gasteiger partial charge is 0.266 e. The molecule has 0 amide bonds. The minimum atomic E-state index is 0.504. The zero-order valence-corrected chi connectivity index (χ0v) is 8.28. The summed E-state index contributed by atoms with van der Waals surface area (Å²) in [6, 6.07) is 0. The fraction of sp³-hybridized carbons (Fsp3) is 0.600. The molecule has 0 N–H and O–H groups in total. The molecule has 0 aliphatic carbocycles. The summed E-state index contributed by atoms with van der Waals surface area (Å²) in [5.41, 5.74) is 0. The van der Waals surface area contributed by atoms with Crippen molar-refractivity contribution < 1.29 is 4.52 Å². The Balaban J connectivity index is 2.08. The lowest BCUT2D eigenvalue weighted by Crippen LogP contribution is -2.24. The van der Waals surface area contributed by atoms with Crippen molar-refractivity contribution in [1.82, 2.24) is 10.1 Å². The van der Waals surface area contributed by atoms with Crippen molar-refractivity contribution in [3.8, 4) is 0 Å². The third-order valence-electron chi connectivity index (χ3n) is 2.49. The molecule has 1 fully saturated rings. The van der Waals surface area contributed by atoms with E-state index in [1.807, 2.05) is 0 Å². The largest absolute Gasteiger partial charge is 0.338 e. The van der Waals surface area contributed by atoms with Crippen molar-refractivity contribution in [3.05, 3.63) is 12.5 Å². The first-order valence-electron chi connectivity index (χ1n) is 5.11. The molecule has 0 radical (unpaired) electrons. The van der Waals surface area contributed by atoms with Crippen LogP contribution in [0.4, 0.5) is 5.95 Å². The molecule has 4 heteroatoms. The Hall–Kier alpha value is -1.32. The lowest BCUT2D eigenvalue weighted by Gasteiger charge is -2.16. The fourth-order valence-electron chi connectivity index (χ4n) is 1.71. The van der Waals surface area contributed by atoms with Crippen LogP contribution < -0.4 is 4.90 Å². The maximum absolute atomic E-state index is 4.99. The summed E-state index contributed by atoms with van der Waals surface area (Å²) in [5.74, 6) is 1.21. The average Bonchev–Trinajstić information content (AvgIpc) is 2.53. The van der Waals surface area contributed by atoms with Crippen LogP contribution in [0.25, 0.3) is 6.08 Å². The molecule has 14 heavy (non-hydrogen) atoms. The third kappa shape index (κ3) is 1.95. The molecule has 0 atom stereocenters. The molecule has 1 saturated heterocycles. The van der Waals surface area contributed by atoms with E-state index in [2.05, 4.69) is 21.6 Å². The Morgan fingerprint density at radius 1 is 1.21 bits per heavy atom. The van der Waals surface area contributed by atoms with Crippen LogP contribution in [0.5, 0.6) is 0 Å². The maximum atomic E-state index is 4.99. The monoisotopic (exact) mass is 193 g/mol. The van der Waals surface area contributed by atoms with Gasteiger partial charge in [-0.3, -0.25) is 0 Å². The van der Waals surface area contributed by atoms with E-state index in [1.54, 1.807) is 6.08 Å². The first kappa shape index (κ1) is 9.24. The summed E-state index contributed by atoms with van der Waals surface area (Å²) in [6.45, 7) is 5.67. The average molecular weight is 193 g/mol. The van der Waals surface area contributed by atoms with Crippen molar-refractivity contribution >= 4 is 12.0 Å². The van der Waals surface area contributed by atoms with E-state index in [9.17, 15) is 0 Å². The molecule has 0 unspecified atom stereocenters. The topological polar surface area (TPSA) is 42.2 Å². The van der Waals surface area contributed by atoms with Gasteiger partial charge in [0.05, 0.1) is 0 Å². The molecular formula is C10H15N3O. The Kier molecular flexibility index (Phi) is 2.81. The van der Waals surface area contributed by atoms with E-state index in [-0.39, 0.29) is 0 Å². The molecule has 0 aromatic carbocycles. The zero-order valence-electron chi connectivity index (χ0n) is 8.28. The van der Waals surface area contributed by atoms with Crippen molar-refractivity contribution in [2.24, 2.45) is 0 Å². The Bertz CT molecular complexity index is 300. The summed E-state index contributed by atoms with van der Waals surface area (Å²) in [4.78, 5) is 6.41. The molecular weight excluding hydrogens is 178 g/mol. The first-order chi connectivity index (χ1) is 6.90. The number of aromatic nitrogens is 2. The van der Waals surface area contributed by atoms with Gasteiger partial charge in [-0.05, 0) is 24.1 Å². The van der Waals surface area contributed by atoms with Gasteiger partial charge in [-0.1, -0.05) is 19.4 Å². The lowest BCUT2D eigenvalue weighted by molar-refractivity contribution is 0.408. The number of hydrogen-bond acceptors (Lipinski definition) is 4. The van der Waals surface area contributed by atoms with E-state index in [4.69, 9.17) is 4.52 Å². The summed E-state index contributed by atoms with van der Waals surface area (Å²) >= 11 is 0. The van der Waals surface area contributed by atoms with Gasteiger partial charge < -0.3 is 9.42 Å². The number of rotatable bonds is 2. The van der Waals surface area contributed by atoms with Crippen LogP contribution in [0.3, 0.4) is 0 Å². The van der Waals surface area contributed by atoms with Crippen molar-refractivity contribution in [2.75, 3.05) is 18.0 Å². The Morgan fingerprint density at radius 3 is 2.50 bits per heavy atom. The van der Waals surface area contributed by atoms with Gasteiger partial charge in [0, 0.05) is 13.1 Å². The van der Waals surface area contributed by atoms with Crippen molar-refractivity contribution in [2.45, 2.75) is 25.7 Å². The van der Waals surface area contributed by atoms with Crippen LogP contribution in [0, 0.1) is 0 Å². The molecule has 0 spiro atoms. The minimum absolute atomic E-state index is 0.504. The van der Waals surface area contributed by atoms with E-state index in [0.717, 1.165) is 13.1 Å². The van der Waals surface area contributed by atoms with Crippen molar-refractivity contribution in [3.63, 3.8) is 0 Å². The number of nitrogens with zero attached hydrogens (tertiary/aromatic N) is 3. The van der Waals surface area contributed by atoms with Gasteiger partial charge in [0.2, 0.25) is 0 Å². The summed E-state index contributed by atoms with van der Waals surface area (Å²) in [7, 11) is 0. The Morgan fingerprint density at radius 2 is 1.93 bits per heavy atom. The van der Waals surface area contributed by atoms with Crippen LogP contribution in [0.15, 0.2) is 11.1 Å². The second kappa shape index (κ2) is 4.26. The fourth-order valence-corrected chi connectivity index (χ4v) is 1.71. The summed E-state index contributed by atoms with van der Waals surface area (Å²) in [5, 5.41) is 3.92. The molecule has 0 saturated carbocycles. The van der Waals surface area contributed by atoms with Crippen LogP contribution in [-0.4, -0.2) is 23.2 Å². The van der Waals surface area contributed by atoms with Crippen molar-refractivity contribution in [1.29, 1.82) is 0 Å². The SMILES string of the molecule is C=Cc1nc(N2CCCCCC2)no1. The van der Waals surface area contributed by atoms with E-state index >= 15 is 0 Å². The predicted octanol–water partition coefficient (Wildman–Crippen LogP) is 2.09. The molecule has 1 aliphatic heterocycles. The predicted molar refractivity (Wildman–Crippen MR) is 55.1 cm³/mol. The second-order valence-corrected chi connectivity index (χ2v) is 3.54.